The van der Waals surface area contributed by atoms with E-state index in [1.807, 2.05) is 0 Å². The number of benzene rings is 1. The van der Waals surface area contributed by atoms with Crippen molar-refractivity contribution >= 4 is 0 Å². The molecule has 3 N–H and O–H groups in total. The highest BCUT2D eigenvalue weighted by atomic mass is 19.3. The van der Waals surface area contributed by atoms with E-state index < -0.39 is 6.29 Å². The zero-order valence-corrected chi connectivity index (χ0v) is 21.3. The first-order chi connectivity index (χ1) is 16.5. The predicted octanol–water partition coefficient (Wildman–Crippen LogP) is 5.65. The van der Waals surface area contributed by atoms with Crippen LogP contribution in [0.3, 0.4) is 0 Å². The molecule has 4 aliphatic rings. The number of hydrogen-bond donors (Lipinski definition) is 3. The van der Waals surface area contributed by atoms with Crippen LogP contribution in [0.25, 0.3) is 0 Å². The monoisotopic (exact) mass is 493 g/mol. The smallest absolute Gasteiger partial charge is 0.396 e. The van der Waals surface area contributed by atoms with Gasteiger partial charge in [-0.2, -0.15) is 0 Å². The van der Waals surface area contributed by atoms with E-state index in [-0.39, 0.29) is 35.5 Å². The van der Waals surface area contributed by atoms with Crippen LogP contribution >= 0.6 is 0 Å². The van der Waals surface area contributed by atoms with E-state index in [4.69, 9.17) is 0 Å². The molecule has 1 heterocycles. The number of fused-ring (bicyclic) bond motifs is 2. The number of alkyl halides is 2. The van der Waals surface area contributed by atoms with Crippen molar-refractivity contribution in [1.29, 1.82) is 0 Å². The number of aliphatic hydroxyl groups excluding tert-OH is 2. The van der Waals surface area contributed by atoms with Crippen molar-refractivity contribution in [2.24, 2.45) is 28.6 Å². The van der Waals surface area contributed by atoms with Crippen LogP contribution in [0.5, 0.6) is 11.5 Å². The molecular formula is C28H41F2NO4. The van der Waals surface area contributed by atoms with E-state index in [1.165, 1.54) is 49.8 Å². The predicted molar refractivity (Wildman–Crippen MR) is 131 cm³/mol. The summed E-state index contributed by atoms with van der Waals surface area (Å²) in [6.45, 7) is 9.98. The van der Waals surface area contributed by atoms with Gasteiger partial charge in [0.05, 0.1) is 6.10 Å². The van der Waals surface area contributed by atoms with Gasteiger partial charge in [0.2, 0.25) is 0 Å². The second-order valence-electron chi connectivity index (χ2n) is 11.5. The third-order valence-electron chi connectivity index (χ3n) is 9.59. The lowest BCUT2D eigenvalue weighted by molar-refractivity contribution is -0.286. The van der Waals surface area contributed by atoms with Crippen LogP contribution in [-0.2, 0) is 6.54 Å². The van der Waals surface area contributed by atoms with Gasteiger partial charge in [-0.15, -0.1) is 8.78 Å². The first-order valence-corrected chi connectivity index (χ1v) is 13.0. The molecule has 3 fully saturated rings. The van der Waals surface area contributed by atoms with E-state index >= 15 is 0 Å². The Hall–Kier alpha value is -1.70. The van der Waals surface area contributed by atoms with Crippen LogP contribution in [0.1, 0.15) is 70.8 Å². The third-order valence-corrected chi connectivity index (χ3v) is 9.59. The maximum Gasteiger partial charge on any atom is 0.586 e. The van der Waals surface area contributed by atoms with Crippen LogP contribution < -0.4 is 14.8 Å². The molecule has 3 saturated carbocycles. The topological polar surface area (TPSA) is 71.0 Å². The summed E-state index contributed by atoms with van der Waals surface area (Å²) in [5.74, 6) is 1.95. The van der Waals surface area contributed by atoms with E-state index in [0.29, 0.717) is 17.9 Å². The number of ether oxygens (including phenoxy) is 2. The maximum absolute atomic E-state index is 12.6. The zero-order chi connectivity index (χ0) is 25.4. The number of halogens is 2. The molecule has 0 radical (unpaired) electrons. The molecule has 5 nitrogen and oxygen atoms in total. The molecule has 5 rings (SSSR count). The lowest BCUT2D eigenvalue weighted by atomic mass is 9.53. The molecule has 6 atom stereocenters. The Morgan fingerprint density at radius 1 is 1.06 bits per heavy atom. The minimum Gasteiger partial charge on any atom is -0.396 e. The van der Waals surface area contributed by atoms with Gasteiger partial charge in [0.1, 0.15) is 0 Å². The van der Waals surface area contributed by atoms with Gasteiger partial charge in [0, 0.05) is 13.2 Å². The molecule has 0 bridgehead atoms. The van der Waals surface area contributed by atoms with E-state index in [1.54, 1.807) is 13.1 Å². The van der Waals surface area contributed by atoms with Crippen LogP contribution in [0.2, 0.25) is 0 Å². The molecule has 1 aromatic rings. The molecule has 196 valence electrons. The molecular weight excluding hydrogens is 452 g/mol. The highest BCUT2D eigenvalue weighted by molar-refractivity contribution is 5.45. The maximum atomic E-state index is 12.6. The first-order valence-electron chi connectivity index (χ1n) is 13.0. The Kier molecular flexibility index (Phi) is 7.52. The summed E-state index contributed by atoms with van der Waals surface area (Å²) < 4.78 is 33.7. The van der Waals surface area contributed by atoms with Gasteiger partial charge in [-0.3, -0.25) is 0 Å². The summed E-state index contributed by atoms with van der Waals surface area (Å²) in [5.41, 5.74) is 2.95. The molecule has 0 spiro atoms. The summed E-state index contributed by atoms with van der Waals surface area (Å²) >= 11 is 0. The quantitative estimate of drug-likeness (QED) is 0.473. The fraction of sp³-hybridized carbons (Fsp3) is 0.714. The van der Waals surface area contributed by atoms with Crippen LogP contribution in [0, 0.1) is 28.6 Å². The Morgan fingerprint density at radius 3 is 2.51 bits per heavy atom. The second-order valence-corrected chi connectivity index (χ2v) is 11.5. The number of hydrogen-bond acceptors (Lipinski definition) is 5. The highest BCUT2D eigenvalue weighted by Gasteiger charge is 2.52. The molecule has 1 aliphatic heterocycles. The van der Waals surface area contributed by atoms with Crippen LogP contribution in [-0.4, -0.2) is 36.3 Å². The zero-order valence-electron chi connectivity index (χ0n) is 21.3. The van der Waals surface area contributed by atoms with Gasteiger partial charge in [0.15, 0.2) is 11.5 Å². The normalized spacial score (nSPS) is 37.4. The van der Waals surface area contributed by atoms with Crippen molar-refractivity contribution < 1.29 is 28.5 Å². The third kappa shape index (κ3) is 5.23. The summed E-state index contributed by atoms with van der Waals surface area (Å²) in [7, 11) is 1.78. The molecule has 7 heteroatoms. The Morgan fingerprint density at radius 2 is 1.80 bits per heavy atom. The van der Waals surface area contributed by atoms with Gasteiger partial charge in [-0.05, 0) is 105 Å². The minimum atomic E-state index is -3.53. The SMILES string of the molecule is C=C1CCC2CC(C3(C)CCC(O)CC3CO)CCC12C.CNCc1ccc2c(c1)OC(F)(F)O2. The Balaban J connectivity index is 0.000000179. The lowest BCUT2D eigenvalue weighted by Gasteiger charge is -2.52. The van der Waals surface area contributed by atoms with Crippen molar-refractivity contribution in [3.05, 3.63) is 35.9 Å². The van der Waals surface area contributed by atoms with Crippen LogP contribution in [0.15, 0.2) is 30.4 Å². The van der Waals surface area contributed by atoms with Crippen molar-refractivity contribution in [2.45, 2.75) is 84.2 Å². The molecule has 3 aliphatic carbocycles. The largest absolute Gasteiger partial charge is 0.586 e. The lowest BCUT2D eigenvalue weighted by Crippen LogP contribution is -2.46. The molecule has 0 aromatic heterocycles. The number of rotatable bonds is 4. The second kappa shape index (κ2) is 9.98. The van der Waals surface area contributed by atoms with E-state index in [9.17, 15) is 19.0 Å². The summed E-state index contributed by atoms with van der Waals surface area (Å²) in [5, 5.41) is 22.7. The van der Waals surface area contributed by atoms with E-state index in [0.717, 1.165) is 30.7 Å². The van der Waals surface area contributed by atoms with Gasteiger partial charge in [-0.25, -0.2) is 0 Å². The van der Waals surface area contributed by atoms with Crippen molar-refractivity contribution in [1.82, 2.24) is 5.32 Å². The highest BCUT2D eigenvalue weighted by Crippen LogP contribution is 2.61. The van der Waals surface area contributed by atoms with Crippen LogP contribution in [0.4, 0.5) is 8.78 Å². The van der Waals surface area contributed by atoms with Crippen molar-refractivity contribution in [3.63, 3.8) is 0 Å². The summed E-state index contributed by atoms with van der Waals surface area (Å²) in [6.07, 6.45) is 5.44. The summed E-state index contributed by atoms with van der Waals surface area (Å²) in [6, 6.07) is 4.72. The molecule has 6 unspecified atom stereocenters. The van der Waals surface area contributed by atoms with Crippen molar-refractivity contribution in [2.75, 3.05) is 13.7 Å². The molecule has 0 amide bonds. The van der Waals surface area contributed by atoms with Gasteiger partial charge in [-0.1, -0.05) is 32.1 Å². The van der Waals surface area contributed by atoms with E-state index in [2.05, 4.69) is 35.2 Å². The van der Waals surface area contributed by atoms with Gasteiger partial charge in [0.25, 0.3) is 0 Å². The standard InChI is InChI=1S/C19H32O2.C9H9F2NO2/c1-13-4-5-14-10-15(6-8-18(13,14)2)19(3)9-7-17(21)11-16(19)12-20;1-12-5-6-2-3-7-8(4-6)14-9(10,11)13-7/h14-17,20-21H,1,4-12H2,2-3H3;2-4,12H,5H2,1H3. The molecule has 1 aromatic carbocycles. The fourth-order valence-corrected chi connectivity index (χ4v) is 7.06. The summed E-state index contributed by atoms with van der Waals surface area (Å²) in [4.78, 5) is 0. The van der Waals surface area contributed by atoms with Gasteiger partial charge < -0.3 is 25.0 Å². The minimum absolute atomic E-state index is 0.0786. The molecule has 0 saturated heterocycles. The average Bonchev–Trinajstić information content (AvgIpc) is 3.29. The fourth-order valence-electron chi connectivity index (χ4n) is 7.06. The number of aliphatic hydroxyl groups is 2. The molecule has 35 heavy (non-hydrogen) atoms. The number of nitrogens with one attached hydrogen (secondary N) is 1. The number of allylic oxidation sites excluding steroid dienone is 1. The Bertz CT molecular complexity index is 924. The first kappa shape index (κ1) is 26.4. The van der Waals surface area contributed by atoms with Gasteiger partial charge >= 0.3 is 6.29 Å². The Labute approximate surface area is 207 Å². The average molecular weight is 494 g/mol. The van der Waals surface area contributed by atoms with Crippen molar-refractivity contribution in [3.8, 4) is 11.5 Å².